The third-order valence-corrected chi connectivity index (χ3v) is 0.553. The zero-order valence-electron chi connectivity index (χ0n) is 3.82. The first kappa shape index (κ1) is 6.80. The van der Waals surface area contributed by atoms with Crippen LogP contribution in [0.4, 0.5) is 4.39 Å². The molecule has 1 nitrogen and oxygen atoms in total. The van der Waals surface area contributed by atoms with Crippen molar-refractivity contribution in [1.29, 1.82) is 0 Å². The Kier molecular flexibility index (Phi) is 3.86. The normalized spacial score (nSPS) is 10.0. The minimum atomic E-state index is -0.467. The molecule has 0 radical (unpaired) electrons. The summed E-state index contributed by atoms with van der Waals surface area (Å²) >= 11 is 0. The van der Waals surface area contributed by atoms with E-state index in [0.29, 0.717) is 5.42 Å². The number of halogens is 1. The smallest absolute Gasteiger partial charge is 0.108 e. The van der Waals surface area contributed by atoms with Crippen molar-refractivity contribution in [3.8, 4) is 0 Å². The van der Waals surface area contributed by atoms with Crippen LogP contribution in [0.3, 0.4) is 0 Å². The zero-order valence-corrected chi connectivity index (χ0v) is 4.82. The average Bonchev–Trinajstić information content (AvgIpc) is 1.61. The lowest BCUT2D eigenvalue weighted by Crippen LogP contribution is -2.01. The summed E-state index contributed by atoms with van der Waals surface area (Å²) in [7, 11) is 2.96. The first-order valence-electron chi connectivity index (χ1n) is 1.84. The monoisotopic (exact) mass is 119 g/mol. The van der Waals surface area contributed by atoms with Crippen molar-refractivity contribution in [2.45, 2.75) is 0 Å². The van der Waals surface area contributed by atoms with E-state index in [1.807, 2.05) is 0 Å². The van der Waals surface area contributed by atoms with Crippen LogP contribution in [0.2, 0.25) is 0 Å². The van der Waals surface area contributed by atoms with Gasteiger partial charge in [0.2, 0.25) is 0 Å². The summed E-state index contributed by atoms with van der Waals surface area (Å²) in [6, 6.07) is 0. The van der Waals surface area contributed by atoms with Gasteiger partial charge in [0.15, 0.2) is 0 Å². The lowest BCUT2D eigenvalue weighted by molar-refractivity contribution is 0.562. The number of hydrogen-bond donors (Lipinski definition) is 1. The van der Waals surface area contributed by atoms with Gasteiger partial charge in [0.05, 0.1) is 0 Å². The minimum Gasteiger partial charge on any atom is -0.299 e. The first-order chi connectivity index (χ1) is 3.27. The van der Waals surface area contributed by atoms with Crippen molar-refractivity contribution in [3.63, 3.8) is 0 Å². The summed E-state index contributed by atoms with van der Waals surface area (Å²) in [4.78, 5) is 0. The van der Waals surface area contributed by atoms with Gasteiger partial charge in [0, 0.05) is 5.42 Å². The summed E-state index contributed by atoms with van der Waals surface area (Å²) in [6.07, 6.45) is 2.78. The van der Waals surface area contributed by atoms with Crippen LogP contribution in [0.1, 0.15) is 0 Å². The number of hydrogen-bond acceptors (Lipinski definition) is 0. The lowest BCUT2D eigenvalue weighted by atomic mass is 10.5. The van der Waals surface area contributed by atoms with Gasteiger partial charge in [0.1, 0.15) is 6.67 Å². The van der Waals surface area contributed by atoms with Gasteiger partial charge in [-0.15, -0.1) is 8.86 Å². The van der Waals surface area contributed by atoms with Gasteiger partial charge in [-0.1, -0.05) is 6.08 Å². The first-order valence-corrected chi connectivity index (χ1v) is 2.34. The molecule has 0 aromatic heterocycles. The van der Waals surface area contributed by atoms with Crippen molar-refractivity contribution in [2.75, 3.05) is 6.67 Å². The van der Waals surface area contributed by atoms with E-state index in [-0.39, 0.29) is 0 Å². The fraction of sp³-hybridized carbons (Fsp3) is 0.250. The molecular formula is C4H7FNP. The zero-order chi connectivity index (χ0) is 5.70. The predicted octanol–water partition coefficient (Wildman–Crippen LogP) is 0.744. The summed E-state index contributed by atoms with van der Waals surface area (Å²) in [5, 5.41) is 0. The van der Waals surface area contributed by atoms with E-state index in [0.717, 1.165) is 0 Å². The highest BCUT2D eigenvalue weighted by Crippen LogP contribution is 1.75. The Balaban J connectivity index is 3.26. The highest BCUT2D eigenvalue weighted by atomic mass is 31.0. The maximum Gasteiger partial charge on any atom is 0.108 e. The van der Waals surface area contributed by atoms with Crippen LogP contribution in [0.25, 0.3) is 0 Å². The second kappa shape index (κ2) is 3.97. The van der Waals surface area contributed by atoms with Crippen LogP contribution >= 0.6 is 8.86 Å². The summed E-state index contributed by atoms with van der Waals surface area (Å²) in [5.74, 6) is 0. The molecule has 0 amide bonds. The summed E-state index contributed by atoms with van der Waals surface area (Å²) < 4.78 is 11.2. The Bertz CT molecular complexity index is 89.7. The van der Waals surface area contributed by atoms with E-state index in [9.17, 15) is 4.39 Å². The van der Waals surface area contributed by atoms with Crippen LogP contribution in [0, 0.1) is 0 Å². The Morgan fingerprint density at radius 1 is 1.86 bits per heavy atom. The van der Waals surface area contributed by atoms with Crippen molar-refractivity contribution in [3.05, 3.63) is 12.2 Å². The van der Waals surface area contributed by atoms with E-state index in [1.165, 1.54) is 12.2 Å². The van der Waals surface area contributed by atoms with Gasteiger partial charge >= 0.3 is 0 Å². The molecule has 0 fully saturated rings. The fourth-order valence-electron chi connectivity index (χ4n) is 0.172. The molecule has 0 aliphatic heterocycles. The molecule has 0 bridgehead atoms. The molecule has 0 atom stereocenters. The molecule has 0 saturated heterocycles. The average molecular weight is 119 g/mol. The summed E-state index contributed by atoms with van der Waals surface area (Å²) in [5.41, 5.74) is 5.50. The highest BCUT2D eigenvalue weighted by molar-refractivity contribution is 7.21. The van der Waals surface area contributed by atoms with Gasteiger partial charge in [-0.3, -0.25) is 5.73 Å². The van der Waals surface area contributed by atoms with Crippen LogP contribution in [-0.2, 0) is 0 Å². The van der Waals surface area contributed by atoms with Gasteiger partial charge in [0.25, 0.3) is 0 Å². The minimum absolute atomic E-state index is 0.442. The molecule has 0 unspecified atom stereocenters. The molecule has 40 valence electrons. The molecule has 7 heavy (non-hydrogen) atoms. The predicted molar refractivity (Wildman–Crippen MR) is 32.6 cm³/mol. The number of alkyl halides is 1. The van der Waals surface area contributed by atoms with Crippen LogP contribution in [0.5, 0.6) is 0 Å². The van der Waals surface area contributed by atoms with Crippen LogP contribution in [0.15, 0.2) is 12.2 Å². The summed E-state index contributed by atoms with van der Waals surface area (Å²) in [6.45, 7) is -0.467. The van der Waals surface area contributed by atoms with Crippen LogP contribution in [-0.4, -0.2) is 12.1 Å². The maximum atomic E-state index is 11.2. The standard InChI is InChI=1S/C4H7FNP/c5-3-1-2-4(6)7/h1-2,7H,3,6H2. The highest BCUT2D eigenvalue weighted by Gasteiger charge is 1.70. The second-order valence-electron chi connectivity index (χ2n) is 1.01. The fourth-order valence-corrected chi connectivity index (χ4v) is 0.289. The van der Waals surface area contributed by atoms with Crippen LogP contribution < -0.4 is 5.73 Å². The Hall–Kier alpha value is -0.200. The van der Waals surface area contributed by atoms with E-state index in [4.69, 9.17) is 5.73 Å². The molecule has 0 rings (SSSR count). The number of rotatable bonds is 2. The Morgan fingerprint density at radius 3 is 2.57 bits per heavy atom. The SMILES string of the molecule is NC(=P)C=CCF. The van der Waals surface area contributed by atoms with E-state index in [2.05, 4.69) is 8.86 Å². The molecule has 0 heterocycles. The van der Waals surface area contributed by atoms with Gasteiger partial charge < -0.3 is 0 Å². The molecule has 0 saturated carbocycles. The third-order valence-electron chi connectivity index (χ3n) is 0.386. The Labute approximate surface area is 44.2 Å². The molecule has 3 heteroatoms. The van der Waals surface area contributed by atoms with E-state index < -0.39 is 6.67 Å². The molecule has 0 spiro atoms. The quantitative estimate of drug-likeness (QED) is 0.533. The van der Waals surface area contributed by atoms with Crippen molar-refractivity contribution in [2.24, 2.45) is 5.73 Å². The molecule has 0 aliphatic carbocycles. The molecule has 0 aromatic rings. The van der Waals surface area contributed by atoms with Gasteiger partial charge in [-0.05, 0) is 6.08 Å². The Morgan fingerprint density at radius 2 is 2.43 bits per heavy atom. The molecule has 2 N–H and O–H groups in total. The second-order valence-corrected chi connectivity index (χ2v) is 1.59. The van der Waals surface area contributed by atoms with E-state index in [1.54, 1.807) is 0 Å². The lowest BCUT2D eigenvalue weighted by Gasteiger charge is -1.78. The maximum absolute atomic E-state index is 11.2. The molecule has 0 aliphatic rings. The largest absolute Gasteiger partial charge is 0.299 e. The number of nitrogens with two attached hydrogens (primary N) is 1. The van der Waals surface area contributed by atoms with Gasteiger partial charge in [-0.2, -0.15) is 0 Å². The van der Waals surface area contributed by atoms with Gasteiger partial charge in [-0.25, -0.2) is 4.39 Å². The number of allylic oxidation sites excluding steroid dienone is 1. The molecule has 0 aromatic carbocycles. The topological polar surface area (TPSA) is 26.0 Å². The van der Waals surface area contributed by atoms with Crippen molar-refractivity contribution < 1.29 is 4.39 Å². The molecular weight excluding hydrogens is 112 g/mol. The van der Waals surface area contributed by atoms with Crippen molar-refractivity contribution in [1.82, 2.24) is 0 Å². The van der Waals surface area contributed by atoms with Crippen molar-refractivity contribution >= 4 is 14.3 Å². The van der Waals surface area contributed by atoms with E-state index >= 15 is 0 Å². The third kappa shape index (κ3) is 5.80.